The van der Waals surface area contributed by atoms with Crippen molar-refractivity contribution in [2.24, 2.45) is 0 Å². The van der Waals surface area contributed by atoms with Gasteiger partial charge in [0.2, 0.25) is 5.75 Å². The van der Waals surface area contributed by atoms with Gasteiger partial charge >= 0.3 is 6.18 Å². The van der Waals surface area contributed by atoms with Crippen molar-refractivity contribution < 1.29 is 27.8 Å². The predicted molar refractivity (Wildman–Crippen MR) is 140 cm³/mol. The molecule has 212 valence electrons. The van der Waals surface area contributed by atoms with Crippen molar-refractivity contribution in [1.82, 2.24) is 19.3 Å². The molecule has 0 aliphatic carbocycles. The highest BCUT2D eigenvalue weighted by Crippen LogP contribution is 2.31. The summed E-state index contributed by atoms with van der Waals surface area (Å²) in [5.74, 6) is 0.401. The van der Waals surface area contributed by atoms with Crippen LogP contribution in [0.15, 0.2) is 64.4 Å². The molecule has 0 amide bonds. The highest BCUT2D eigenvalue weighted by molar-refractivity contribution is 6.30. The van der Waals surface area contributed by atoms with Crippen LogP contribution < -0.4 is 20.6 Å². The number of rotatable bonds is 8. The maximum atomic E-state index is 13.4. The van der Waals surface area contributed by atoms with Crippen LogP contribution in [0.25, 0.3) is 0 Å². The predicted octanol–water partition coefficient (Wildman–Crippen LogP) is 4.13. The van der Waals surface area contributed by atoms with E-state index in [1.165, 1.54) is 32.2 Å². The second kappa shape index (κ2) is 11.8. The third kappa shape index (κ3) is 6.74. The summed E-state index contributed by atoms with van der Waals surface area (Å²) in [5.41, 5.74) is -2.06. The number of nitrogens with zero attached hydrogens (tertiary/aromatic N) is 5. The quantitative estimate of drug-likeness (QED) is 0.325. The van der Waals surface area contributed by atoms with Crippen LogP contribution in [0.3, 0.4) is 0 Å². The molecule has 14 heteroatoms. The van der Waals surface area contributed by atoms with Crippen LogP contribution in [0.2, 0.25) is 5.02 Å². The SMILES string of the molecule is COc1ccc(Cn2nc(Cn3cnc(C)c(Oc4cc(Cl)cc(C#N)c4)c3=O)cc(C(O)C(F)(F)F)c2=O)cc1. The fourth-order valence-electron chi connectivity index (χ4n) is 3.84. The summed E-state index contributed by atoms with van der Waals surface area (Å²) in [4.78, 5) is 30.3. The second-order valence-corrected chi connectivity index (χ2v) is 9.26. The molecule has 2 aromatic heterocycles. The maximum Gasteiger partial charge on any atom is 0.418 e. The van der Waals surface area contributed by atoms with E-state index >= 15 is 0 Å². The molecule has 0 spiro atoms. The number of methoxy groups -OCH3 is 1. The van der Waals surface area contributed by atoms with Crippen LogP contribution in [0.1, 0.15) is 34.2 Å². The molecule has 1 N–H and O–H groups in total. The summed E-state index contributed by atoms with van der Waals surface area (Å²) >= 11 is 6.01. The van der Waals surface area contributed by atoms with Crippen LogP contribution in [0.5, 0.6) is 17.2 Å². The van der Waals surface area contributed by atoms with Gasteiger partial charge in [-0.25, -0.2) is 9.67 Å². The maximum absolute atomic E-state index is 13.4. The number of hydrogen-bond donors (Lipinski definition) is 1. The van der Waals surface area contributed by atoms with Crippen molar-refractivity contribution in [3.05, 3.63) is 109 Å². The smallest absolute Gasteiger partial charge is 0.418 e. The van der Waals surface area contributed by atoms with Crippen molar-refractivity contribution in [3.8, 4) is 23.3 Å². The van der Waals surface area contributed by atoms with E-state index < -0.39 is 35.5 Å². The van der Waals surface area contributed by atoms with E-state index in [2.05, 4.69) is 10.1 Å². The Morgan fingerprint density at radius 1 is 1.07 bits per heavy atom. The molecule has 0 radical (unpaired) electrons. The summed E-state index contributed by atoms with van der Waals surface area (Å²) in [5, 5.41) is 23.5. The molecule has 2 heterocycles. The zero-order valence-corrected chi connectivity index (χ0v) is 22.3. The molecule has 10 nitrogen and oxygen atoms in total. The van der Waals surface area contributed by atoms with Gasteiger partial charge in [0.1, 0.15) is 11.5 Å². The Bertz CT molecular complexity index is 1750. The van der Waals surface area contributed by atoms with Gasteiger partial charge in [-0.05, 0) is 48.9 Å². The minimum Gasteiger partial charge on any atom is -0.497 e. The van der Waals surface area contributed by atoms with E-state index in [0.29, 0.717) is 11.3 Å². The molecule has 4 rings (SSSR count). The van der Waals surface area contributed by atoms with Gasteiger partial charge in [-0.2, -0.15) is 23.5 Å². The Labute approximate surface area is 235 Å². The molecule has 2 aromatic carbocycles. The summed E-state index contributed by atoms with van der Waals surface area (Å²) in [6.45, 7) is 0.865. The number of alkyl halides is 3. The summed E-state index contributed by atoms with van der Waals surface area (Å²) < 4.78 is 52.8. The number of nitriles is 1. The van der Waals surface area contributed by atoms with E-state index in [9.17, 15) is 33.1 Å². The molecule has 0 aliphatic heterocycles. The molecule has 0 bridgehead atoms. The first kappa shape index (κ1) is 29.3. The normalized spacial score (nSPS) is 12.0. The Kier molecular flexibility index (Phi) is 8.46. The van der Waals surface area contributed by atoms with Gasteiger partial charge in [0, 0.05) is 5.02 Å². The molecule has 0 fully saturated rings. The Morgan fingerprint density at radius 2 is 1.78 bits per heavy atom. The number of aryl methyl sites for hydroxylation is 1. The standard InChI is InChI=1S/C27H21ClF3N5O5/c1-15-23(41-21-8-17(11-32)7-18(28)9-21)26(39)35(14-33-15)13-19-10-22(24(37)27(29,30)31)25(38)36(34-19)12-16-3-5-20(40-2)6-4-16/h3-10,14,24,37H,12-13H2,1-2H3. The lowest BCUT2D eigenvalue weighted by Gasteiger charge is -2.17. The van der Waals surface area contributed by atoms with Crippen molar-refractivity contribution in [1.29, 1.82) is 5.26 Å². The van der Waals surface area contributed by atoms with Crippen molar-refractivity contribution in [3.63, 3.8) is 0 Å². The average Bonchev–Trinajstić information content (AvgIpc) is 2.93. The highest BCUT2D eigenvalue weighted by Gasteiger charge is 2.41. The summed E-state index contributed by atoms with van der Waals surface area (Å²) in [7, 11) is 1.46. The highest BCUT2D eigenvalue weighted by atomic mass is 35.5. The monoisotopic (exact) mass is 587 g/mol. The van der Waals surface area contributed by atoms with Crippen LogP contribution in [0, 0.1) is 18.3 Å². The van der Waals surface area contributed by atoms with Crippen LogP contribution in [-0.4, -0.2) is 37.7 Å². The number of aliphatic hydroxyl groups excluding tert-OH is 1. The van der Waals surface area contributed by atoms with E-state index in [-0.39, 0.29) is 40.0 Å². The van der Waals surface area contributed by atoms with Crippen LogP contribution in [0.4, 0.5) is 13.2 Å². The third-order valence-corrected chi connectivity index (χ3v) is 6.09. The van der Waals surface area contributed by atoms with Crippen LogP contribution in [-0.2, 0) is 13.1 Å². The summed E-state index contributed by atoms with van der Waals surface area (Å²) in [6, 6.07) is 13.3. The van der Waals surface area contributed by atoms with E-state index in [1.807, 2.05) is 6.07 Å². The molecular formula is C27H21ClF3N5O5. The molecule has 4 aromatic rings. The minimum absolute atomic E-state index is 0.0931. The lowest BCUT2D eigenvalue weighted by molar-refractivity contribution is -0.207. The lowest BCUT2D eigenvalue weighted by atomic mass is 10.1. The zero-order valence-electron chi connectivity index (χ0n) is 21.5. The topological polar surface area (TPSA) is 132 Å². The van der Waals surface area contributed by atoms with E-state index in [0.717, 1.165) is 21.6 Å². The number of aromatic nitrogens is 4. The number of aliphatic hydroxyl groups is 1. The number of hydrogen-bond acceptors (Lipinski definition) is 8. The first-order valence-corrected chi connectivity index (χ1v) is 12.2. The molecule has 1 unspecified atom stereocenters. The summed E-state index contributed by atoms with van der Waals surface area (Å²) in [6.07, 6.45) is -7.06. The number of halogens is 4. The Balaban J connectivity index is 1.75. The van der Waals surface area contributed by atoms with Gasteiger partial charge in [-0.15, -0.1) is 0 Å². The van der Waals surface area contributed by atoms with Crippen LogP contribution >= 0.6 is 11.6 Å². The van der Waals surface area contributed by atoms with Gasteiger partial charge in [0.25, 0.3) is 11.1 Å². The van der Waals surface area contributed by atoms with Crippen molar-refractivity contribution >= 4 is 11.6 Å². The van der Waals surface area contributed by atoms with E-state index in [4.69, 9.17) is 21.1 Å². The molecule has 41 heavy (non-hydrogen) atoms. The zero-order chi connectivity index (χ0) is 29.9. The first-order chi connectivity index (χ1) is 19.4. The molecule has 1 atom stereocenters. The minimum atomic E-state index is -5.13. The fourth-order valence-corrected chi connectivity index (χ4v) is 4.07. The number of benzene rings is 2. The average molecular weight is 588 g/mol. The van der Waals surface area contributed by atoms with Gasteiger partial charge in [-0.1, -0.05) is 23.7 Å². The van der Waals surface area contributed by atoms with Gasteiger partial charge < -0.3 is 14.6 Å². The molecular weight excluding hydrogens is 567 g/mol. The third-order valence-electron chi connectivity index (χ3n) is 5.88. The molecule has 0 saturated heterocycles. The van der Waals surface area contributed by atoms with Gasteiger partial charge in [-0.3, -0.25) is 14.2 Å². The van der Waals surface area contributed by atoms with Crippen molar-refractivity contribution in [2.45, 2.75) is 32.3 Å². The van der Waals surface area contributed by atoms with E-state index in [1.54, 1.807) is 24.3 Å². The Hall–Kier alpha value is -4.67. The molecule has 0 saturated carbocycles. The number of ether oxygens (including phenoxy) is 2. The molecule has 0 aliphatic rings. The fraction of sp³-hybridized carbons (Fsp3) is 0.222. The first-order valence-electron chi connectivity index (χ1n) is 11.8. The van der Waals surface area contributed by atoms with Gasteiger partial charge in [0.05, 0.1) is 55.1 Å². The van der Waals surface area contributed by atoms with Crippen molar-refractivity contribution in [2.75, 3.05) is 7.11 Å². The van der Waals surface area contributed by atoms with Gasteiger partial charge in [0.15, 0.2) is 6.10 Å². The largest absolute Gasteiger partial charge is 0.497 e. The second-order valence-electron chi connectivity index (χ2n) is 8.83. The Morgan fingerprint density at radius 3 is 2.41 bits per heavy atom. The lowest BCUT2D eigenvalue weighted by Crippen LogP contribution is -2.34.